The average Bonchev–Trinajstić information content (AvgIpc) is 3.32. The van der Waals surface area contributed by atoms with Crippen LogP contribution in [0.3, 0.4) is 0 Å². The van der Waals surface area contributed by atoms with E-state index in [0.29, 0.717) is 19.1 Å². The zero-order valence-electron chi connectivity index (χ0n) is 15.6. The van der Waals surface area contributed by atoms with Crippen molar-refractivity contribution in [3.05, 3.63) is 17.0 Å². The molecule has 1 saturated heterocycles. The standard InChI is InChI=1S/C20H28N4O2/c1-13-16-10-26-12-20(7-8-24(11-20)18(25)15-3-2-4-15)17(16)23-19(22-13)21-9-14-5-6-14/h14-15H,2-12H2,1H3,(H,21,22,23)/t20-/m0/s1. The maximum atomic E-state index is 12.7. The molecule has 1 amide bonds. The number of nitrogens with zero attached hydrogens (tertiary/aromatic N) is 3. The quantitative estimate of drug-likeness (QED) is 0.897. The zero-order chi connectivity index (χ0) is 17.7. The number of ether oxygens (including phenoxy) is 1. The van der Waals surface area contributed by atoms with Gasteiger partial charge in [0.2, 0.25) is 11.9 Å². The Labute approximate surface area is 154 Å². The summed E-state index contributed by atoms with van der Waals surface area (Å²) in [6.07, 6.45) is 6.89. The van der Waals surface area contributed by atoms with E-state index in [4.69, 9.17) is 9.72 Å². The van der Waals surface area contributed by atoms with Crippen LogP contribution in [0.5, 0.6) is 0 Å². The molecule has 6 heteroatoms. The van der Waals surface area contributed by atoms with Crippen molar-refractivity contribution >= 4 is 11.9 Å². The van der Waals surface area contributed by atoms with Crippen LogP contribution >= 0.6 is 0 Å². The molecule has 3 heterocycles. The van der Waals surface area contributed by atoms with Gasteiger partial charge in [-0.2, -0.15) is 0 Å². The maximum absolute atomic E-state index is 12.7. The number of nitrogens with one attached hydrogen (secondary N) is 1. The van der Waals surface area contributed by atoms with E-state index < -0.39 is 0 Å². The lowest BCUT2D eigenvalue weighted by molar-refractivity contribution is -0.137. The van der Waals surface area contributed by atoms with Crippen LogP contribution in [0.25, 0.3) is 0 Å². The number of rotatable bonds is 4. The third kappa shape index (κ3) is 2.79. The Morgan fingerprint density at radius 1 is 1.31 bits per heavy atom. The minimum atomic E-state index is -0.156. The van der Waals surface area contributed by atoms with Gasteiger partial charge in [-0.3, -0.25) is 4.79 Å². The molecule has 2 saturated carbocycles. The first-order valence-electron chi connectivity index (χ1n) is 10.1. The highest BCUT2D eigenvalue weighted by molar-refractivity contribution is 5.80. The van der Waals surface area contributed by atoms with Gasteiger partial charge in [-0.15, -0.1) is 0 Å². The van der Waals surface area contributed by atoms with E-state index in [1.165, 1.54) is 19.3 Å². The van der Waals surface area contributed by atoms with Crippen molar-refractivity contribution in [1.82, 2.24) is 14.9 Å². The third-order valence-corrected chi connectivity index (χ3v) is 6.71. The van der Waals surface area contributed by atoms with Gasteiger partial charge in [0.05, 0.1) is 24.3 Å². The number of aryl methyl sites for hydroxylation is 1. The fraction of sp³-hybridized carbons (Fsp3) is 0.750. The topological polar surface area (TPSA) is 67.4 Å². The lowest BCUT2D eigenvalue weighted by Crippen LogP contribution is -2.44. The summed E-state index contributed by atoms with van der Waals surface area (Å²) >= 11 is 0. The molecule has 0 unspecified atom stereocenters. The van der Waals surface area contributed by atoms with Gasteiger partial charge in [-0.1, -0.05) is 6.42 Å². The van der Waals surface area contributed by atoms with Crippen LogP contribution in [0.4, 0.5) is 5.95 Å². The smallest absolute Gasteiger partial charge is 0.225 e. The molecule has 0 radical (unpaired) electrons. The van der Waals surface area contributed by atoms with Crippen LogP contribution in [0.2, 0.25) is 0 Å². The Kier molecular flexibility index (Phi) is 3.92. The SMILES string of the molecule is Cc1nc(NCC2CC2)nc2c1COC[C@@]21CCN(C(=O)C2CCC2)C1. The van der Waals surface area contributed by atoms with E-state index in [9.17, 15) is 4.79 Å². The van der Waals surface area contributed by atoms with Crippen molar-refractivity contribution in [2.45, 2.75) is 57.5 Å². The lowest BCUT2D eigenvalue weighted by atomic mass is 9.80. The van der Waals surface area contributed by atoms with Crippen LogP contribution in [-0.2, 0) is 21.6 Å². The molecule has 1 aromatic heterocycles. The molecule has 6 nitrogen and oxygen atoms in total. The summed E-state index contributed by atoms with van der Waals surface area (Å²) < 4.78 is 5.95. The van der Waals surface area contributed by atoms with Crippen molar-refractivity contribution in [2.24, 2.45) is 11.8 Å². The van der Waals surface area contributed by atoms with Gasteiger partial charge in [-0.05, 0) is 44.9 Å². The summed E-state index contributed by atoms with van der Waals surface area (Å²) in [6.45, 7) is 5.83. The van der Waals surface area contributed by atoms with Gasteiger partial charge in [-0.25, -0.2) is 9.97 Å². The monoisotopic (exact) mass is 356 g/mol. The fourth-order valence-electron chi connectivity index (χ4n) is 4.55. The largest absolute Gasteiger partial charge is 0.376 e. The first-order valence-corrected chi connectivity index (χ1v) is 10.1. The average molecular weight is 356 g/mol. The van der Waals surface area contributed by atoms with Gasteiger partial charge < -0.3 is 15.0 Å². The molecule has 2 aliphatic carbocycles. The summed E-state index contributed by atoms with van der Waals surface area (Å²) in [6, 6.07) is 0. The molecule has 3 fully saturated rings. The Balaban J connectivity index is 1.41. The number of anilines is 1. The van der Waals surface area contributed by atoms with Gasteiger partial charge >= 0.3 is 0 Å². The molecule has 0 aromatic carbocycles. The second kappa shape index (κ2) is 6.19. The molecule has 1 atom stereocenters. The number of carbonyl (C=O) groups is 1. The summed E-state index contributed by atoms with van der Waals surface area (Å²) in [5.74, 6) is 2.14. The van der Waals surface area contributed by atoms with E-state index in [0.717, 1.165) is 67.7 Å². The predicted molar refractivity (Wildman–Crippen MR) is 97.9 cm³/mol. The normalized spacial score (nSPS) is 28.1. The zero-order valence-corrected chi connectivity index (χ0v) is 15.6. The molecular weight excluding hydrogens is 328 g/mol. The van der Waals surface area contributed by atoms with Crippen molar-refractivity contribution < 1.29 is 9.53 Å². The highest BCUT2D eigenvalue weighted by Gasteiger charge is 2.47. The minimum Gasteiger partial charge on any atom is -0.376 e. The number of amides is 1. The van der Waals surface area contributed by atoms with Gasteiger partial charge in [0.1, 0.15) is 0 Å². The van der Waals surface area contributed by atoms with Crippen molar-refractivity contribution in [3.63, 3.8) is 0 Å². The minimum absolute atomic E-state index is 0.156. The van der Waals surface area contributed by atoms with Crippen LogP contribution in [-0.4, -0.2) is 47.0 Å². The Morgan fingerprint density at radius 3 is 2.88 bits per heavy atom. The summed E-state index contributed by atoms with van der Waals surface area (Å²) in [5, 5.41) is 3.43. The Hall–Kier alpha value is -1.69. The molecule has 5 rings (SSSR count). The maximum Gasteiger partial charge on any atom is 0.225 e. The summed E-state index contributed by atoms with van der Waals surface area (Å²) in [7, 11) is 0. The summed E-state index contributed by atoms with van der Waals surface area (Å²) in [4.78, 5) is 24.4. The van der Waals surface area contributed by atoms with Gasteiger partial charge in [0.25, 0.3) is 0 Å². The van der Waals surface area contributed by atoms with Gasteiger partial charge in [0.15, 0.2) is 0 Å². The van der Waals surface area contributed by atoms with Crippen molar-refractivity contribution in [2.75, 3.05) is 31.6 Å². The molecular formula is C20H28N4O2. The number of fused-ring (bicyclic) bond motifs is 2. The second-order valence-electron chi connectivity index (χ2n) is 8.69. The van der Waals surface area contributed by atoms with E-state index in [1.54, 1.807) is 0 Å². The van der Waals surface area contributed by atoms with Crippen LogP contribution < -0.4 is 5.32 Å². The highest BCUT2D eigenvalue weighted by atomic mass is 16.5. The van der Waals surface area contributed by atoms with Crippen molar-refractivity contribution in [3.8, 4) is 0 Å². The predicted octanol–water partition coefficient (Wildman–Crippen LogP) is 2.41. The second-order valence-corrected chi connectivity index (χ2v) is 8.69. The fourth-order valence-corrected chi connectivity index (χ4v) is 4.55. The third-order valence-electron chi connectivity index (χ3n) is 6.71. The molecule has 4 aliphatic rings. The highest BCUT2D eigenvalue weighted by Crippen LogP contribution is 2.41. The first-order chi connectivity index (χ1) is 12.6. The number of likely N-dealkylation sites (tertiary alicyclic amines) is 1. The lowest BCUT2D eigenvalue weighted by Gasteiger charge is -2.36. The molecule has 0 bridgehead atoms. The van der Waals surface area contributed by atoms with Crippen LogP contribution in [0.1, 0.15) is 55.5 Å². The summed E-state index contributed by atoms with van der Waals surface area (Å²) in [5.41, 5.74) is 3.11. The Bertz CT molecular complexity index is 729. The molecule has 2 aliphatic heterocycles. The number of hydrogen-bond donors (Lipinski definition) is 1. The Morgan fingerprint density at radius 2 is 2.15 bits per heavy atom. The van der Waals surface area contributed by atoms with E-state index >= 15 is 0 Å². The van der Waals surface area contributed by atoms with E-state index in [2.05, 4.69) is 22.1 Å². The van der Waals surface area contributed by atoms with Crippen LogP contribution in [0, 0.1) is 18.8 Å². The van der Waals surface area contributed by atoms with E-state index in [1.807, 2.05) is 0 Å². The molecule has 140 valence electrons. The number of carbonyl (C=O) groups excluding carboxylic acids is 1. The van der Waals surface area contributed by atoms with E-state index in [-0.39, 0.29) is 11.3 Å². The molecule has 1 spiro atoms. The molecule has 1 N–H and O–H groups in total. The number of aromatic nitrogens is 2. The van der Waals surface area contributed by atoms with Gasteiger partial charge in [0, 0.05) is 36.8 Å². The number of hydrogen-bond acceptors (Lipinski definition) is 5. The molecule has 1 aromatic rings. The van der Waals surface area contributed by atoms with Crippen LogP contribution in [0.15, 0.2) is 0 Å². The van der Waals surface area contributed by atoms with Crippen molar-refractivity contribution in [1.29, 1.82) is 0 Å². The first kappa shape index (κ1) is 16.5. The molecule has 26 heavy (non-hydrogen) atoms.